The number of carbonyl (C=O) groups excluding carboxylic acids is 1. The van der Waals surface area contributed by atoms with Crippen LogP contribution in [0.15, 0.2) is 42.7 Å². The van der Waals surface area contributed by atoms with Gasteiger partial charge in [-0.15, -0.1) is 0 Å². The monoisotopic (exact) mass is 353 g/mol. The van der Waals surface area contributed by atoms with Gasteiger partial charge in [-0.1, -0.05) is 6.07 Å². The van der Waals surface area contributed by atoms with Crippen molar-refractivity contribution in [3.05, 3.63) is 48.3 Å². The van der Waals surface area contributed by atoms with Crippen LogP contribution in [0.3, 0.4) is 0 Å². The first-order chi connectivity index (χ1) is 12.6. The van der Waals surface area contributed by atoms with Crippen molar-refractivity contribution in [1.82, 2.24) is 19.8 Å². The van der Waals surface area contributed by atoms with Gasteiger partial charge in [-0.2, -0.15) is 0 Å². The first kappa shape index (κ1) is 18.3. The van der Waals surface area contributed by atoms with Crippen molar-refractivity contribution in [2.75, 3.05) is 37.6 Å². The summed E-state index contributed by atoms with van der Waals surface area (Å²) in [6.45, 7) is 10.6. The first-order valence-electron chi connectivity index (χ1n) is 9.28. The Kier molecular flexibility index (Phi) is 5.83. The Hall–Kier alpha value is -2.47. The Labute approximate surface area is 155 Å². The highest BCUT2D eigenvalue weighted by molar-refractivity contribution is 5.94. The van der Waals surface area contributed by atoms with E-state index in [2.05, 4.69) is 35.6 Å². The van der Waals surface area contributed by atoms with E-state index in [1.54, 1.807) is 12.4 Å². The van der Waals surface area contributed by atoms with Crippen molar-refractivity contribution in [3.63, 3.8) is 0 Å². The number of amides is 1. The van der Waals surface area contributed by atoms with E-state index in [-0.39, 0.29) is 5.91 Å². The predicted molar refractivity (Wildman–Crippen MR) is 104 cm³/mol. The lowest BCUT2D eigenvalue weighted by Gasteiger charge is -2.36. The van der Waals surface area contributed by atoms with Gasteiger partial charge in [-0.25, -0.2) is 9.97 Å². The van der Waals surface area contributed by atoms with E-state index in [0.29, 0.717) is 11.6 Å². The van der Waals surface area contributed by atoms with Gasteiger partial charge < -0.3 is 9.80 Å². The van der Waals surface area contributed by atoms with Crippen LogP contribution in [0.5, 0.6) is 0 Å². The van der Waals surface area contributed by atoms with E-state index in [0.717, 1.165) is 44.4 Å². The fraction of sp³-hybridized carbons (Fsp3) is 0.450. The topological polar surface area (TPSA) is 52.6 Å². The molecule has 0 bridgehead atoms. The molecule has 0 radical (unpaired) electrons. The highest BCUT2D eigenvalue weighted by Crippen LogP contribution is 2.21. The van der Waals surface area contributed by atoms with Crippen LogP contribution in [0, 0.1) is 0 Å². The van der Waals surface area contributed by atoms with Crippen molar-refractivity contribution in [2.45, 2.75) is 26.8 Å². The molecule has 26 heavy (non-hydrogen) atoms. The van der Waals surface area contributed by atoms with Crippen molar-refractivity contribution in [3.8, 4) is 0 Å². The van der Waals surface area contributed by atoms with E-state index >= 15 is 0 Å². The summed E-state index contributed by atoms with van der Waals surface area (Å²) >= 11 is 0. The van der Waals surface area contributed by atoms with Crippen molar-refractivity contribution in [2.24, 2.45) is 0 Å². The quantitative estimate of drug-likeness (QED) is 0.827. The molecule has 1 fully saturated rings. The van der Waals surface area contributed by atoms with E-state index in [1.165, 1.54) is 0 Å². The molecule has 1 amide bonds. The number of anilines is 2. The maximum absolute atomic E-state index is 12.7. The molecule has 0 unspecified atom stereocenters. The molecule has 2 aromatic rings. The summed E-state index contributed by atoms with van der Waals surface area (Å²) in [6, 6.07) is 10.1. The lowest BCUT2D eigenvalue weighted by molar-refractivity contribution is 0.0595. The Morgan fingerprint density at radius 2 is 1.81 bits per heavy atom. The Bertz CT molecular complexity index is 709. The number of hydrogen-bond acceptors (Lipinski definition) is 5. The molecule has 1 aliphatic heterocycles. The number of carbonyl (C=O) groups is 1. The molecule has 3 rings (SSSR count). The summed E-state index contributed by atoms with van der Waals surface area (Å²) in [4.78, 5) is 28.0. The summed E-state index contributed by atoms with van der Waals surface area (Å²) in [5.74, 6) is 1.71. The Morgan fingerprint density at radius 1 is 1.08 bits per heavy atom. The molecule has 138 valence electrons. The Morgan fingerprint density at radius 3 is 2.35 bits per heavy atom. The molecule has 3 heterocycles. The Balaban J connectivity index is 1.68. The zero-order valence-corrected chi connectivity index (χ0v) is 15.8. The normalized spacial score (nSPS) is 15.3. The molecular weight excluding hydrogens is 326 g/mol. The standard InChI is InChI=1S/C20H27N5O/c1-4-25(18-7-5-6-10-21-18)19-9-8-17(15-22-19)20(26)24-13-11-23(12-14-24)16(2)3/h5-10,15-16H,4,11-14H2,1-3H3. The van der Waals surface area contributed by atoms with Gasteiger partial charge in [0.25, 0.3) is 5.91 Å². The lowest BCUT2D eigenvalue weighted by atomic mass is 10.2. The first-order valence-corrected chi connectivity index (χ1v) is 9.28. The van der Waals surface area contributed by atoms with Crippen LogP contribution in [0.2, 0.25) is 0 Å². The summed E-state index contributed by atoms with van der Waals surface area (Å²) in [5, 5.41) is 0. The average molecular weight is 353 g/mol. The molecule has 1 saturated heterocycles. The van der Waals surface area contributed by atoms with Gasteiger partial charge in [0.1, 0.15) is 11.6 Å². The fourth-order valence-electron chi connectivity index (χ4n) is 3.25. The lowest BCUT2D eigenvalue weighted by Crippen LogP contribution is -2.50. The molecular formula is C20H27N5O. The summed E-state index contributed by atoms with van der Waals surface area (Å²) in [5.41, 5.74) is 0.642. The van der Waals surface area contributed by atoms with Crippen molar-refractivity contribution < 1.29 is 4.79 Å². The molecule has 6 nitrogen and oxygen atoms in total. The van der Waals surface area contributed by atoms with Crippen LogP contribution in [0.1, 0.15) is 31.1 Å². The summed E-state index contributed by atoms with van der Waals surface area (Å²) < 4.78 is 0. The molecule has 0 atom stereocenters. The summed E-state index contributed by atoms with van der Waals surface area (Å²) in [7, 11) is 0. The fourth-order valence-corrected chi connectivity index (χ4v) is 3.25. The van der Waals surface area contributed by atoms with Crippen LogP contribution < -0.4 is 4.90 Å². The van der Waals surface area contributed by atoms with Crippen molar-refractivity contribution >= 4 is 17.5 Å². The highest BCUT2D eigenvalue weighted by atomic mass is 16.2. The zero-order valence-electron chi connectivity index (χ0n) is 15.8. The second-order valence-corrected chi connectivity index (χ2v) is 6.76. The van der Waals surface area contributed by atoms with E-state index in [4.69, 9.17) is 0 Å². The van der Waals surface area contributed by atoms with Gasteiger partial charge in [-0.05, 0) is 45.0 Å². The molecule has 0 saturated carbocycles. The van der Waals surface area contributed by atoms with Crippen LogP contribution in [-0.2, 0) is 0 Å². The van der Waals surface area contributed by atoms with Gasteiger partial charge in [-0.3, -0.25) is 9.69 Å². The van der Waals surface area contributed by atoms with Crippen LogP contribution in [-0.4, -0.2) is 64.4 Å². The van der Waals surface area contributed by atoms with E-state index in [1.807, 2.05) is 40.1 Å². The third-order valence-electron chi connectivity index (χ3n) is 4.85. The third-order valence-corrected chi connectivity index (χ3v) is 4.85. The van der Waals surface area contributed by atoms with Crippen molar-refractivity contribution in [1.29, 1.82) is 0 Å². The molecule has 0 spiro atoms. The molecule has 0 aromatic carbocycles. The van der Waals surface area contributed by atoms with Gasteiger partial charge in [0, 0.05) is 51.2 Å². The third kappa shape index (κ3) is 4.02. The minimum absolute atomic E-state index is 0.0633. The molecule has 6 heteroatoms. The minimum atomic E-state index is 0.0633. The molecule has 1 aliphatic rings. The number of rotatable bonds is 5. The van der Waals surface area contributed by atoms with Crippen LogP contribution >= 0.6 is 0 Å². The zero-order chi connectivity index (χ0) is 18.5. The highest BCUT2D eigenvalue weighted by Gasteiger charge is 2.23. The molecule has 2 aromatic heterocycles. The maximum Gasteiger partial charge on any atom is 0.255 e. The van der Waals surface area contributed by atoms with Gasteiger partial charge >= 0.3 is 0 Å². The van der Waals surface area contributed by atoms with Gasteiger partial charge in [0.05, 0.1) is 5.56 Å². The number of nitrogens with zero attached hydrogens (tertiary/aromatic N) is 5. The van der Waals surface area contributed by atoms with Crippen LogP contribution in [0.4, 0.5) is 11.6 Å². The molecule has 0 aliphatic carbocycles. The van der Waals surface area contributed by atoms with E-state index in [9.17, 15) is 4.79 Å². The number of hydrogen-bond donors (Lipinski definition) is 0. The van der Waals surface area contributed by atoms with E-state index < -0.39 is 0 Å². The number of aromatic nitrogens is 2. The van der Waals surface area contributed by atoms with Gasteiger partial charge in [0.2, 0.25) is 0 Å². The molecule has 0 N–H and O–H groups in total. The maximum atomic E-state index is 12.7. The van der Waals surface area contributed by atoms with Crippen LogP contribution in [0.25, 0.3) is 0 Å². The average Bonchev–Trinajstić information content (AvgIpc) is 2.69. The number of piperazine rings is 1. The second-order valence-electron chi connectivity index (χ2n) is 6.76. The second kappa shape index (κ2) is 8.27. The minimum Gasteiger partial charge on any atom is -0.336 e. The largest absolute Gasteiger partial charge is 0.336 e. The number of pyridine rings is 2. The predicted octanol–water partition coefficient (Wildman–Crippen LogP) is 2.80. The summed E-state index contributed by atoms with van der Waals surface area (Å²) in [6.07, 6.45) is 3.45. The SMILES string of the molecule is CCN(c1ccccn1)c1ccc(C(=O)N2CCN(C(C)C)CC2)cn1. The smallest absolute Gasteiger partial charge is 0.255 e. The van der Waals surface area contributed by atoms with Gasteiger partial charge in [0.15, 0.2) is 0 Å².